The van der Waals surface area contributed by atoms with E-state index in [9.17, 15) is 0 Å². The van der Waals surface area contributed by atoms with Crippen molar-refractivity contribution in [2.24, 2.45) is 5.73 Å². The molecule has 0 aliphatic carbocycles. The van der Waals surface area contributed by atoms with E-state index in [0.717, 1.165) is 5.82 Å². The summed E-state index contributed by atoms with van der Waals surface area (Å²) in [4.78, 5) is 4.44. The number of aromatic nitrogens is 2. The number of nitrogens with zero attached hydrogens (tertiary/aromatic N) is 2. The fourth-order valence-corrected chi connectivity index (χ4v) is 2.86. The number of nitrogens with two attached hydrogens (primary N) is 1. The smallest absolute Gasteiger partial charge is 0.111 e. The molecule has 17 heavy (non-hydrogen) atoms. The van der Waals surface area contributed by atoms with E-state index in [1.54, 1.807) is 11.3 Å². The van der Waals surface area contributed by atoms with E-state index >= 15 is 0 Å². The number of rotatable bonds is 4. The van der Waals surface area contributed by atoms with Gasteiger partial charge in [0.25, 0.3) is 0 Å². The first-order chi connectivity index (χ1) is 8.11. The van der Waals surface area contributed by atoms with Crippen LogP contribution in [0.4, 0.5) is 0 Å². The minimum Gasteiger partial charge on any atom is -0.326 e. The second-order valence-electron chi connectivity index (χ2n) is 4.71. The van der Waals surface area contributed by atoms with Crippen molar-refractivity contribution < 1.29 is 0 Å². The van der Waals surface area contributed by atoms with Crippen molar-refractivity contribution in [1.82, 2.24) is 9.55 Å². The Morgan fingerprint density at radius 3 is 2.65 bits per heavy atom. The van der Waals surface area contributed by atoms with E-state index in [0.29, 0.717) is 5.92 Å². The van der Waals surface area contributed by atoms with Gasteiger partial charge < -0.3 is 10.3 Å². The summed E-state index contributed by atoms with van der Waals surface area (Å²) in [5.41, 5.74) is 7.41. The van der Waals surface area contributed by atoms with Gasteiger partial charge in [-0.25, -0.2) is 4.98 Å². The predicted octanol–water partition coefficient (Wildman–Crippen LogP) is 3.00. The first-order valence-electron chi connectivity index (χ1n) is 5.91. The third-order valence-electron chi connectivity index (χ3n) is 2.90. The molecule has 2 rings (SSSR count). The van der Waals surface area contributed by atoms with Gasteiger partial charge in [0, 0.05) is 24.4 Å². The predicted molar refractivity (Wildman–Crippen MR) is 72.4 cm³/mol. The van der Waals surface area contributed by atoms with Crippen molar-refractivity contribution in [3.8, 4) is 0 Å². The van der Waals surface area contributed by atoms with Crippen molar-refractivity contribution in [1.29, 1.82) is 0 Å². The van der Waals surface area contributed by atoms with Crippen molar-refractivity contribution in [2.75, 3.05) is 0 Å². The first-order valence-corrected chi connectivity index (χ1v) is 6.86. The third kappa shape index (κ3) is 2.42. The van der Waals surface area contributed by atoms with Crippen LogP contribution in [0.5, 0.6) is 0 Å². The molecule has 0 saturated heterocycles. The van der Waals surface area contributed by atoms with Gasteiger partial charge in [-0.2, -0.15) is 11.3 Å². The molecular formula is C13H19N3S. The Morgan fingerprint density at radius 2 is 2.12 bits per heavy atom. The highest BCUT2D eigenvalue weighted by molar-refractivity contribution is 7.07. The van der Waals surface area contributed by atoms with Gasteiger partial charge >= 0.3 is 0 Å². The highest BCUT2D eigenvalue weighted by atomic mass is 32.1. The molecule has 0 aliphatic heterocycles. The molecular weight excluding hydrogens is 230 g/mol. The molecule has 0 amide bonds. The Morgan fingerprint density at radius 1 is 1.35 bits per heavy atom. The number of hydrogen-bond acceptors (Lipinski definition) is 3. The van der Waals surface area contributed by atoms with E-state index in [2.05, 4.69) is 40.2 Å². The van der Waals surface area contributed by atoms with Crippen LogP contribution in [0.2, 0.25) is 0 Å². The lowest BCUT2D eigenvalue weighted by molar-refractivity contribution is 0.472. The van der Waals surface area contributed by atoms with Crippen LogP contribution in [0.3, 0.4) is 0 Å². The highest BCUT2D eigenvalue weighted by Crippen LogP contribution is 2.27. The second kappa shape index (κ2) is 5.02. The molecule has 2 atom stereocenters. The molecule has 3 nitrogen and oxygen atoms in total. The summed E-state index contributed by atoms with van der Waals surface area (Å²) in [7, 11) is 0. The lowest BCUT2D eigenvalue weighted by Gasteiger charge is -2.24. The van der Waals surface area contributed by atoms with Crippen LogP contribution in [0.25, 0.3) is 0 Å². The zero-order valence-corrected chi connectivity index (χ0v) is 11.3. The summed E-state index contributed by atoms with van der Waals surface area (Å²) in [5.74, 6) is 1.50. The van der Waals surface area contributed by atoms with Crippen LogP contribution < -0.4 is 5.73 Å². The zero-order chi connectivity index (χ0) is 12.4. The van der Waals surface area contributed by atoms with Crippen molar-refractivity contribution in [3.05, 3.63) is 40.6 Å². The first kappa shape index (κ1) is 12.3. The number of thiophene rings is 1. The van der Waals surface area contributed by atoms with Crippen LogP contribution >= 0.6 is 11.3 Å². The molecule has 0 fully saturated rings. The fraction of sp³-hybridized carbons (Fsp3) is 0.462. The Balaban J connectivity index is 2.43. The minimum atomic E-state index is 0.0660. The Labute approximate surface area is 106 Å². The summed E-state index contributed by atoms with van der Waals surface area (Å²) in [5, 5.41) is 4.26. The maximum Gasteiger partial charge on any atom is 0.111 e. The molecule has 2 aromatic heterocycles. The van der Waals surface area contributed by atoms with Gasteiger partial charge in [0.2, 0.25) is 0 Å². The van der Waals surface area contributed by atoms with E-state index in [4.69, 9.17) is 5.73 Å². The maximum atomic E-state index is 6.14. The monoisotopic (exact) mass is 249 g/mol. The van der Waals surface area contributed by atoms with Crippen molar-refractivity contribution in [3.63, 3.8) is 0 Å². The molecule has 0 aliphatic rings. The molecule has 4 heteroatoms. The quantitative estimate of drug-likeness (QED) is 0.905. The molecule has 0 radical (unpaired) electrons. The minimum absolute atomic E-state index is 0.0660. The highest BCUT2D eigenvalue weighted by Gasteiger charge is 2.22. The fourth-order valence-electron chi connectivity index (χ4n) is 2.17. The molecule has 0 bridgehead atoms. The molecule has 0 spiro atoms. The Hall–Kier alpha value is -1.13. The van der Waals surface area contributed by atoms with Crippen molar-refractivity contribution >= 4 is 11.3 Å². The van der Waals surface area contributed by atoms with Crippen molar-refractivity contribution in [2.45, 2.75) is 38.8 Å². The second-order valence-corrected chi connectivity index (χ2v) is 5.49. The molecule has 0 aromatic carbocycles. The summed E-state index contributed by atoms with van der Waals surface area (Å²) in [6, 6.07) is 2.39. The summed E-state index contributed by atoms with van der Waals surface area (Å²) < 4.78 is 2.21. The molecule has 2 N–H and O–H groups in total. The van der Waals surface area contributed by atoms with Crippen LogP contribution in [-0.2, 0) is 0 Å². The molecule has 2 aromatic rings. The van der Waals surface area contributed by atoms with Gasteiger partial charge in [0.15, 0.2) is 0 Å². The number of imidazole rings is 1. The van der Waals surface area contributed by atoms with E-state index < -0.39 is 0 Å². The average Bonchev–Trinajstić information content (AvgIpc) is 2.87. The van der Waals surface area contributed by atoms with E-state index in [1.165, 1.54) is 5.56 Å². The molecule has 92 valence electrons. The largest absolute Gasteiger partial charge is 0.326 e. The van der Waals surface area contributed by atoms with Gasteiger partial charge in [0.05, 0.1) is 6.04 Å². The Kier molecular flexibility index (Phi) is 3.64. The van der Waals surface area contributed by atoms with Gasteiger partial charge in [-0.15, -0.1) is 0 Å². The van der Waals surface area contributed by atoms with Crippen LogP contribution in [0, 0.1) is 0 Å². The Bertz CT molecular complexity index is 457. The van der Waals surface area contributed by atoms with Crippen LogP contribution in [0.15, 0.2) is 29.2 Å². The SMILES string of the molecule is CC(C)c1nccn1C(c1ccsc1)C(C)N. The molecule has 2 unspecified atom stereocenters. The third-order valence-corrected chi connectivity index (χ3v) is 3.60. The zero-order valence-electron chi connectivity index (χ0n) is 10.5. The lowest BCUT2D eigenvalue weighted by Crippen LogP contribution is -2.30. The van der Waals surface area contributed by atoms with Crippen LogP contribution in [0.1, 0.15) is 44.1 Å². The van der Waals surface area contributed by atoms with Gasteiger partial charge in [-0.1, -0.05) is 13.8 Å². The summed E-state index contributed by atoms with van der Waals surface area (Å²) in [6.45, 7) is 6.36. The molecule has 2 heterocycles. The number of hydrogen-bond donors (Lipinski definition) is 1. The molecule has 0 saturated carbocycles. The maximum absolute atomic E-state index is 6.14. The topological polar surface area (TPSA) is 43.8 Å². The van der Waals surface area contributed by atoms with Gasteiger partial charge in [-0.05, 0) is 29.3 Å². The standard InChI is InChI=1S/C13H19N3S/c1-9(2)13-15-5-6-16(13)12(10(3)14)11-4-7-17-8-11/h4-10,12H,14H2,1-3H3. The summed E-state index contributed by atoms with van der Waals surface area (Å²) >= 11 is 1.71. The van der Waals surface area contributed by atoms with E-state index in [1.807, 2.05) is 19.3 Å². The van der Waals surface area contributed by atoms with Gasteiger partial charge in [0.1, 0.15) is 5.82 Å². The summed E-state index contributed by atoms with van der Waals surface area (Å²) in [6.07, 6.45) is 3.89. The normalized spacial score (nSPS) is 15.1. The lowest BCUT2D eigenvalue weighted by atomic mass is 10.0. The van der Waals surface area contributed by atoms with Crippen LogP contribution in [-0.4, -0.2) is 15.6 Å². The van der Waals surface area contributed by atoms with Gasteiger partial charge in [-0.3, -0.25) is 0 Å². The van der Waals surface area contributed by atoms with E-state index in [-0.39, 0.29) is 12.1 Å². The average molecular weight is 249 g/mol.